The molecule has 2 rings (SSSR count). The zero-order valence-corrected chi connectivity index (χ0v) is 13.4. The Morgan fingerprint density at radius 3 is 2.42 bits per heavy atom. The second kappa shape index (κ2) is 6.04. The fourth-order valence-corrected chi connectivity index (χ4v) is 3.03. The predicted octanol–water partition coefficient (Wildman–Crippen LogP) is 5.10. The molecule has 102 valence electrons. The standard InChI is InChI=1S/C17H21BrO/c1-11(2)15-9-4-12(3)16(17(15)19)10-13-5-7-14(18)8-6-13/h5-8,10-12,15H,4,9H2,1-3H3. The molecule has 0 spiro atoms. The Hall–Kier alpha value is -0.890. The molecule has 19 heavy (non-hydrogen) atoms. The van der Waals surface area contributed by atoms with Crippen molar-refractivity contribution in [2.45, 2.75) is 33.6 Å². The van der Waals surface area contributed by atoms with Crippen LogP contribution in [-0.4, -0.2) is 5.78 Å². The van der Waals surface area contributed by atoms with E-state index in [0.717, 1.165) is 28.5 Å². The van der Waals surface area contributed by atoms with E-state index in [0.29, 0.717) is 17.6 Å². The van der Waals surface area contributed by atoms with Gasteiger partial charge in [-0.05, 0) is 54.0 Å². The van der Waals surface area contributed by atoms with Crippen molar-refractivity contribution < 1.29 is 4.79 Å². The van der Waals surface area contributed by atoms with Crippen molar-refractivity contribution >= 4 is 27.8 Å². The van der Waals surface area contributed by atoms with E-state index in [1.165, 1.54) is 0 Å². The molecule has 2 heteroatoms. The van der Waals surface area contributed by atoms with Gasteiger partial charge in [-0.25, -0.2) is 0 Å². The highest BCUT2D eigenvalue weighted by Crippen LogP contribution is 2.35. The van der Waals surface area contributed by atoms with Crippen molar-refractivity contribution in [3.05, 3.63) is 39.9 Å². The van der Waals surface area contributed by atoms with Gasteiger partial charge in [0.2, 0.25) is 0 Å². The fraction of sp³-hybridized carbons (Fsp3) is 0.471. The third-order valence-electron chi connectivity index (χ3n) is 4.06. The second-order valence-corrected chi connectivity index (χ2v) is 6.76. The molecule has 2 atom stereocenters. The highest BCUT2D eigenvalue weighted by Gasteiger charge is 2.32. The maximum atomic E-state index is 12.6. The Morgan fingerprint density at radius 1 is 1.21 bits per heavy atom. The summed E-state index contributed by atoms with van der Waals surface area (Å²) in [5.41, 5.74) is 2.12. The van der Waals surface area contributed by atoms with Crippen molar-refractivity contribution in [2.75, 3.05) is 0 Å². The number of ketones is 1. The van der Waals surface area contributed by atoms with Crippen LogP contribution in [0, 0.1) is 17.8 Å². The van der Waals surface area contributed by atoms with Crippen molar-refractivity contribution in [1.82, 2.24) is 0 Å². The van der Waals surface area contributed by atoms with Gasteiger partial charge in [-0.15, -0.1) is 0 Å². The first-order valence-corrected chi connectivity index (χ1v) is 7.79. The van der Waals surface area contributed by atoms with Gasteiger partial charge in [-0.3, -0.25) is 4.79 Å². The zero-order valence-electron chi connectivity index (χ0n) is 11.8. The molecular weight excluding hydrogens is 300 g/mol. The normalized spacial score (nSPS) is 26.2. The maximum absolute atomic E-state index is 12.6. The molecule has 1 saturated carbocycles. The summed E-state index contributed by atoms with van der Waals surface area (Å²) in [7, 11) is 0. The fourth-order valence-electron chi connectivity index (χ4n) is 2.76. The van der Waals surface area contributed by atoms with E-state index >= 15 is 0 Å². The predicted molar refractivity (Wildman–Crippen MR) is 83.9 cm³/mol. The minimum atomic E-state index is 0.206. The number of benzene rings is 1. The van der Waals surface area contributed by atoms with Crippen LogP contribution in [-0.2, 0) is 4.79 Å². The van der Waals surface area contributed by atoms with Crippen LogP contribution in [0.5, 0.6) is 0 Å². The first-order valence-electron chi connectivity index (χ1n) is 7.00. The minimum Gasteiger partial charge on any atom is -0.294 e. The minimum absolute atomic E-state index is 0.206. The SMILES string of the molecule is CC1CCC(C(C)C)C(=O)C1=Cc1ccc(Br)cc1. The highest BCUT2D eigenvalue weighted by atomic mass is 79.9. The lowest BCUT2D eigenvalue weighted by Gasteiger charge is -2.30. The van der Waals surface area contributed by atoms with Crippen LogP contribution in [0.15, 0.2) is 34.3 Å². The van der Waals surface area contributed by atoms with E-state index in [-0.39, 0.29) is 5.92 Å². The van der Waals surface area contributed by atoms with Gasteiger partial charge in [-0.1, -0.05) is 48.8 Å². The van der Waals surface area contributed by atoms with Gasteiger partial charge < -0.3 is 0 Å². The Labute approximate surface area is 124 Å². The molecule has 0 aromatic heterocycles. The number of rotatable bonds is 2. The number of hydrogen-bond donors (Lipinski definition) is 0. The third kappa shape index (κ3) is 3.36. The number of halogens is 1. The number of hydrogen-bond acceptors (Lipinski definition) is 1. The summed E-state index contributed by atoms with van der Waals surface area (Å²) in [4.78, 5) is 12.6. The topological polar surface area (TPSA) is 17.1 Å². The number of carbonyl (C=O) groups is 1. The zero-order chi connectivity index (χ0) is 14.0. The van der Waals surface area contributed by atoms with Gasteiger partial charge in [0.05, 0.1) is 0 Å². The summed E-state index contributed by atoms with van der Waals surface area (Å²) >= 11 is 3.44. The molecule has 0 saturated heterocycles. The third-order valence-corrected chi connectivity index (χ3v) is 4.59. The molecular formula is C17H21BrO. The summed E-state index contributed by atoms with van der Waals surface area (Å²) in [6.07, 6.45) is 4.24. The molecule has 1 aromatic carbocycles. The summed E-state index contributed by atoms with van der Waals surface area (Å²) in [6.45, 7) is 6.46. The average molecular weight is 321 g/mol. The molecule has 2 unspecified atom stereocenters. The lowest BCUT2D eigenvalue weighted by molar-refractivity contribution is -0.122. The summed E-state index contributed by atoms with van der Waals surface area (Å²) in [5, 5.41) is 0. The Kier molecular flexibility index (Phi) is 4.62. The van der Waals surface area contributed by atoms with E-state index < -0.39 is 0 Å². The number of allylic oxidation sites excluding steroid dienone is 1. The number of carbonyl (C=O) groups excluding carboxylic acids is 1. The molecule has 1 aromatic rings. The van der Waals surface area contributed by atoms with Crippen molar-refractivity contribution in [3.63, 3.8) is 0 Å². The van der Waals surface area contributed by atoms with Crippen LogP contribution in [0.4, 0.5) is 0 Å². The van der Waals surface area contributed by atoms with Crippen molar-refractivity contribution in [1.29, 1.82) is 0 Å². The van der Waals surface area contributed by atoms with Gasteiger partial charge in [0.25, 0.3) is 0 Å². The van der Waals surface area contributed by atoms with Gasteiger partial charge >= 0.3 is 0 Å². The summed E-state index contributed by atoms with van der Waals surface area (Å²) in [5.74, 6) is 1.38. The molecule has 1 aliphatic carbocycles. The molecule has 0 radical (unpaired) electrons. The van der Waals surface area contributed by atoms with Crippen LogP contribution in [0.25, 0.3) is 6.08 Å². The summed E-state index contributed by atoms with van der Waals surface area (Å²) in [6, 6.07) is 8.14. The van der Waals surface area contributed by atoms with E-state index in [9.17, 15) is 4.79 Å². The van der Waals surface area contributed by atoms with Crippen LogP contribution < -0.4 is 0 Å². The van der Waals surface area contributed by atoms with E-state index in [2.05, 4.69) is 54.9 Å². The monoisotopic (exact) mass is 320 g/mol. The largest absolute Gasteiger partial charge is 0.294 e. The molecule has 0 aliphatic heterocycles. The van der Waals surface area contributed by atoms with Gasteiger partial charge in [0.1, 0.15) is 0 Å². The second-order valence-electron chi connectivity index (χ2n) is 5.84. The quantitative estimate of drug-likeness (QED) is 0.692. The molecule has 1 fully saturated rings. The Morgan fingerprint density at radius 2 is 1.84 bits per heavy atom. The smallest absolute Gasteiger partial charge is 0.162 e. The molecule has 0 heterocycles. The maximum Gasteiger partial charge on any atom is 0.162 e. The van der Waals surface area contributed by atoms with E-state index in [1.807, 2.05) is 12.1 Å². The van der Waals surface area contributed by atoms with Crippen LogP contribution >= 0.6 is 15.9 Å². The van der Waals surface area contributed by atoms with Gasteiger partial charge in [0.15, 0.2) is 5.78 Å². The van der Waals surface area contributed by atoms with Crippen LogP contribution in [0.1, 0.15) is 39.2 Å². The Balaban J connectivity index is 2.29. The van der Waals surface area contributed by atoms with Gasteiger partial charge in [0, 0.05) is 10.4 Å². The molecule has 1 aliphatic rings. The Bertz CT molecular complexity index is 484. The number of Topliss-reactive ketones (excluding diaryl/α,β-unsaturated/α-hetero) is 1. The molecule has 1 nitrogen and oxygen atoms in total. The molecule has 0 amide bonds. The first kappa shape index (κ1) is 14.5. The highest BCUT2D eigenvalue weighted by molar-refractivity contribution is 9.10. The van der Waals surface area contributed by atoms with E-state index in [1.54, 1.807) is 0 Å². The van der Waals surface area contributed by atoms with Gasteiger partial charge in [-0.2, -0.15) is 0 Å². The van der Waals surface area contributed by atoms with Crippen LogP contribution in [0.3, 0.4) is 0 Å². The average Bonchev–Trinajstić information content (AvgIpc) is 2.36. The lowest BCUT2D eigenvalue weighted by atomic mass is 9.73. The van der Waals surface area contributed by atoms with Crippen molar-refractivity contribution in [2.24, 2.45) is 17.8 Å². The summed E-state index contributed by atoms with van der Waals surface area (Å²) < 4.78 is 1.07. The molecule has 0 N–H and O–H groups in total. The first-order chi connectivity index (χ1) is 8.99. The van der Waals surface area contributed by atoms with E-state index in [4.69, 9.17) is 0 Å². The molecule has 0 bridgehead atoms. The van der Waals surface area contributed by atoms with Crippen molar-refractivity contribution in [3.8, 4) is 0 Å². The lowest BCUT2D eigenvalue weighted by Crippen LogP contribution is -2.30. The van der Waals surface area contributed by atoms with Crippen LogP contribution in [0.2, 0.25) is 0 Å².